The molecule has 0 radical (unpaired) electrons. The van der Waals surface area contributed by atoms with Crippen LogP contribution in [-0.4, -0.2) is 15.0 Å². The third-order valence-electron chi connectivity index (χ3n) is 16.8. The molecule has 16 rings (SSSR count). The summed E-state index contributed by atoms with van der Waals surface area (Å²) in [5.74, 6) is 5.00. The largest absolute Gasteiger partial charge is 0.310 e. The predicted octanol–water partition coefficient (Wildman–Crippen LogP) is 16.5. The van der Waals surface area contributed by atoms with E-state index in [1.165, 1.54) is 110 Å². The lowest BCUT2D eigenvalue weighted by atomic mass is 9.41. The van der Waals surface area contributed by atoms with E-state index in [9.17, 15) is 0 Å². The molecule has 4 fully saturated rings. The zero-order chi connectivity index (χ0) is 45.2. The van der Waals surface area contributed by atoms with Crippen LogP contribution in [0.4, 0.5) is 17.1 Å². The standard InChI is InChI=1S/C65H48N4/c1-3-12-44(13-4-1)62-66-63(45-26-24-42(25-27-45)47-28-30-53-54-20-10-14-43-15-11-21-55(61(43)54)56(53)38-47)68-64(67-62)49-17-9-16-46(37-49)48-29-31-60-58(39-48)65(50-33-40-32-41(35-50)36-51(65)34-40)57-22-7-8-23-59(57)69(60)52-18-5-2-6-19-52/h1-31,37-41,50-51H,32-36H2. The van der Waals surface area contributed by atoms with Gasteiger partial charge in [0.05, 0.1) is 11.4 Å². The van der Waals surface area contributed by atoms with Gasteiger partial charge in [0.15, 0.2) is 17.5 Å². The lowest BCUT2D eigenvalue weighted by Gasteiger charge is -2.64. The Morgan fingerprint density at radius 1 is 0.348 bits per heavy atom. The summed E-state index contributed by atoms with van der Waals surface area (Å²) in [6.07, 6.45) is 6.76. The fourth-order valence-electron chi connectivity index (χ4n) is 14.2. The first-order valence-corrected chi connectivity index (χ1v) is 24.9. The Hall–Kier alpha value is -7.95. The average Bonchev–Trinajstić information content (AvgIpc) is 3.74. The van der Waals surface area contributed by atoms with E-state index in [1.54, 1.807) is 0 Å². The molecular formula is C65H48N4. The van der Waals surface area contributed by atoms with Gasteiger partial charge in [-0.15, -0.1) is 0 Å². The van der Waals surface area contributed by atoms with E-state index >= 15 is 0 Å². The highest BCUT2D eigenvalue weighted by Crippen LogP contribution is 2.69. The maximum absolute atomic E-state index is 5.26. The van der Waals surface area contributed by atoms with Crippen molar-refractivity contribution in [2.24, 2.45) is 23.7 Å². The molecule has 1 spiro atoms. The summed E-state index contributed by atoms with van der Waals surface area (Å²) in [5, 5.41) is 2.64. The number of aromatic nitrogens is 3. The first-order chi connectivity index (χ1) is 34.1. The monoisotopic (exact) mass is 884 g/mol. The molecule has 4 heteroatoms. The minimum absolute atomic E-state index is 0.0114. The van der Waals surface area contributed by atoms with Crippen LogP contribution in [0.15, 0.2) is 206 Å². The van der Waals surface area contributed by atoms with Gasteiger partial charge in [-0.25, -0.2) is 15.0 Å². The summed E-state index contributed by atoms with van der Waals surface area (Å²) in [6, 6.07) is 75.8. The minimum atomic E-state index is -0.0114. The first kappa shape index (κ1) is 39.1. The number of hydrogen-bond acceptors (Lipinski definition) is 4. The van der Waals surface area contributed by atoms with E-state index in [2.05, 4.69) is 193 Å². The van der Waals surface area contributed by atoms with Gasteiger partial charge < -0.3 is 4.90 Å². The molecule has 1 aliphatic heterocycles. The van der Waals surface area contributed by atoms with Crippen LogP contribution >= 0.6 is 0 Å². The summed E-state index contributed by atoms with van der Waals surface area (Å²) < 4.78 is 0. The summed E-state index contributed by atoms with van der Waals surface area (Å²) in [5.41, 5.74) is 19.8. The van der Waals surface area contributed by atoms with Crippen molar-refractivity contribution in [3.05, 3.63) is 217 Å². The molecule has 5 aliphatic carbocycles. The molecule has 4 bridgehead atoms. The fraction of sp³-hybridized carbons (Fsp3) is 0.154. The fourth-order valence-corrected chi connectivity index (χ4v) is 14.2. The normalized spacial score (nSPS) is 21.1. The molecule has 4 saturated carbocycles. The maximum Gasteiger partial charge on any atom is 0.164 e. The number of rotatable bonds is 6. The topological polar surface area (TPSA) is 41.9 Å². The second-order valence-electron chi connectivity index (χ2n) is 20.4. The Labute approximate surface area is 403 Å². The molecule has 0 atom stereocenters. The van der Waals surface area contributed by atoms with Crippen molar-refractivity contribution in [1.29, 1.82) is 0 Å². The highest BCUT2D eigenvalue weighted by atomic mass is 15.2. The lowest BCUT2D eigenvalue weighted by molar-refractivity contribution is -0.0419. The number of benzene rings is 9. The van der Waals surface area contributed by atoms with Crippen molar-refractivity contribution >= 4 is 27.8 Å². The molecule has 4 nitrogen and oxygen atoms in total. The number of para-hydroxylation sites is 2. The van der Waals surface area contributed by atoms with Crippen LogP contribution in [0.1, 0.15) is 43.2 Å². The molecule has 2 heterocycles. The number of fused-ring (bicyclic) bond motifs is 5. The van der Waals surface area contributed by atoms with Gasteiger partial charge in [0.25, 0.3) is 0 Å². The van der Waals surface area contributed by atoms with Crippen LogP contribution in [0.2, 0.25) is 0 Å². The lowest BCUT2D eigenvalue weighted by Crippen LogP contribution is -2.57. The summed E-state index contributed by atoms with van der Waals surface area (Å²) >= 11 is 0. The van der Waals surface area contributed by atoms with Crippen molar-refractivity contribution < 1.29 is 0 Å². The Balaban J connectivity index is 0.825. The van der Waals surface area contributed by atoms with Gasteiger partial charge >= 0.3 is 0 Å². The van der Waals surface area contributed by atoms with Gasteiger partial charge in [0.1, 0.15) is 0 Å². The van der Waals surface area contributed by atoms with Crippen LogP contribution in [-0.2, 0) is 5.41 Å². The summed E-state index contributed by atoms with van der Waals surface area (Å²) in [4.78, 5) is 18.1. The van der Waals surface area contributed by atoms with Gasteiger partial charge in [0, 0.05) is 27.8 Å². The van der Waals surface area contributed by atoms with Crippen LogP contribution < -0.4 is 4.90 Å². The van der Waals surface area contributed by atoms with E-state index < -0.39 is 0 Å². The van der Waals surface area contributed by atoms with Gasteiger partial charge in [-0.2, -0.15) is 0 Å². The SMILES string of the molecule is c1ccc(-c2nc(-c3ccc(-c4ccc5c(c4)-c4cccc6cccc-5c46)cc3)nc(-c3cccc(-c4ccc5c(c4)C4(c6ccccc6N5c5ccccc5)C5CC6CC(C5)CC4C6)c3)n2)cc1. The molecule has 6 aliphatic rings. The van der Waals surface area contributed by atoms with Gasteiger partial charge in [-0.05, 0) is 165 Å². The van der Waals surface area contributed by atoms with Crippen LogP contribution in [0.3, 0.4) is 0 Å². The highest BCUT2D eigenvalue weighted by molar-refractivity contribution is 6.15. The zero-order valence-corrected chi connectivity index (χ0v) is 38.3. The van der Waals surface area contributed by atoms with Crippen LogP contribution in [0.5, 0.6) is 0 Å². The molecule has 9 aromatic carbocycles. The molecule has 0 N–H and O–H groups in total. The van der Waals surface area contributed by atoms with E-state index in [0.717, 1.165) is 34.1 Å². The molecular weight excluding hydrogens is 837 g/mol. The van der Waals surface area contributed by atoms with Gasteiger partial charge in [0.2, 0.25) is 0 Å². The minimum Gasteiger partial charge on any atom is -0.310 e. The zero-order valence-electron chi connectivity index (χ0n) is 38.3. The average molecular weight is 885 g/mol. The first-order valence-electron chi connectivity index (χ1n) is 24.9. The maximum atomic E-state index is 5.26. The molecule has 10 aromatic rings. The quantitative estimate of drug-likeness (QED) is 0.167. The molecule has 1 aromatic heterocycles. The second-order valence-corrected chi connectivity index (χ2v) is 20.4. The van der Waals surface area contributed by atoms with Crippen LogP contribution in [0, 0.1) is 23.7 Å². The Morgan fingerprint density at radius 2 is 0.870 bits per heavy atom. The van der Waals surface area contributed by atoms with Gasteiger partial charge in [-0.3, -0.25) is 0 Å². The molecule has 0 saturated heterocycles. The number of hydrogen-bond donors (Lipinski definition) is 0. The smallest absolute Gasteiger partial charge is 0.164 e. The predicted molar refractivity (Wildman–Crippen MR) is 281 cm³/mol. The van der Waals surface area contributed by atoms with Crippen molar-refractivity contribution in [3.8, 4) is 78.7 Å². The molecule has 0 unspecified atom stereocenters. The third kappa shape index (κ3) is 5.91. The third-order valence-corrected chi connectivity index (χ3v) is 16.8. The summed E-state index contributed by atoms with van der Waals surface area (Å²) in [6.45, 7) is 0. The number of nitrogens with zero attached hydrogens (tertiary/aromatic N) is 4. The highest BCUT2D eigenvalue weighted by Gasteiger charge is 2.61. The van der Waals surface area contributed by atoms with E-state index in [4.69, 9.17) is 15.0 Å². The van der Waals surface area contributed by atoms with E-state index in [1.807, 2.05) is 18.2 Å². The Morgan fingerprint density at radius 3 is 1.61 bits per heavy atom. The van der Waals surface area contributed by atoms with Crippen molar-refractivity contribution in [3.63, 3.8) is 0 Å². The van der Waals surface area contributed by atoms with Crippen LogP contribution in [0.25, 0.3) is 89.4 Å². The van der Waals surface area contributed by atoms with Crippen molar-refractivity contribution in [2.45, 2.75) is 37.5 Å². The van der Waals surface area contributed by atoms with E-state index in [0.29, 0.717) is 29.3 Å². The second kappa shape index (κ2) is 15.0. The van der Waals surface area contributed by atoms with E-state index in [-0.39, 0.29) is 5.41 Å². The molecule has 69 heavy (non-hydrogen) atoms. The van der Waals surface area contributed by atoms with Gasteiger partial charge in [-0.1, -0.05) is 164 Å². The summed E-state index contributed by atoms with van der Waals surface area (Å²) in [7, 11) is 0. The number of anilines is 3. The molecule has 0 amide bonds. The Bertz CT molecular complexity index is 3660. The van der Waals surface area contributed by atoms with Crippen molar-refractivity contribution in [2.75, 3.05) is 4.90 Å². The Kier molecular flexibility index (Phi) is 8.51. The van der Waals surface area contributed by atoms with Crippen molar-refractivity contribution in [1.82, 2.24) is 15.0 Å². The molecule has 328 valence electrons.